The first kappa shape index (κ1) is 26.8. The van der Waals surface area contributed by atoms with Crippen molar-refractivity contribution in [2.45, 2.75) is 58.7 Å². The summed E-state index contributed by atoms with van der Waals surface area (Å²) in [6.45, 7) is 6.56. The molecule has 2 aliphatic heterocycles. The van der Waals surface area contributed by atoms with Gasteiger partial charge in [0.2, 0.25) is 17.7 Å². The third-order valence-corrected chi connectivity index (χ3v) is 7.17. The molecule has 5 rings (SSSR count). The molecule has 0 spiro atoms. The molecule has 0 radical (unpaired) electrons. The number of hydrogen-bond donors (Lipinski definition) is 3. The van der Waals surface area contributed by atoms with Crippen molar-refractivity contribution in [2.24, 2.45) is 0 Å². The van der Waals surface area contributed by atoms with E-state index in [2.05, 4.69) is 34.4 Å². The van der Waals surface area contributed by atoms with Crippen LogP contribution in [0.15, 0.2) is 42.7 Å². The number of imide groups is 1. The van der Waals surface area contributed by atoms with Gasteiger partial charge in [0.25, 0.3) is 11.8 Å². The molecule has 3 aromatic rings. The number of anilines is 1. The third-order valence-electron chi connectivity index (χ3n) is 7.17. The van der Waals surface area contributed by atoms with Gasteiger partial charge < -0.3 is 20.7 Å². The minimum absolute atomic E-state index is 0.126. The predicted molar refractivity (Wildman–Crippen MR) is 145 cm³/mol. The number of carbonyl (C=O) groups excluding carboxylic acids is 4. The number of nitrogens with zero attached hydrogens (tertiary/aromatic N) is 3. The van der Waals surface area contributed by atoms with Crippen LogP contribution in [-0.2, 0) is 22.7 Å². The number of amides is 4. The SMILES string of the molecule is Cc1cc(CNC(=O)c2cnc(Oc3cccc4c3CN(C3CCC(=O)NC3=O)C4=O)cn2)cc(C(C)C)c1N. The van der Waals surface area contributed by atoms with Gasteiger partial charge >= 0.3 is 0 Å². The van der Waals surface area contributed by atoms with E-state index in [1.807, 2.05) is 19.1 Å². The number of aryl methyl sites for hydroxylation is 1. The molecule has 1 fully saturated rings. The number of ether oxygens (including phenoxy) is 1. The molecule has 4 amide bonds. The quantitative estimate of drug-likeness (QED) is 0.304. The van der Waals surface area contributed by atoms with Gasteiger partial charge in [-0.15, -0.1) is 0 Å². The second-order valence-electron chi connectivity index (χ2n) is 10.3. The highest BCUT2D eigenvalue weighted by Gasteiger charge is 2.40. The van der Waals surface area contributed by atoms with Gasteiger partial charge in [-0.05, 0) is 48.1 Å². The normalized spacial score (nSPS) is 16.6. The molecule has 0 aliphatic carbocycles. The Morgan fingerprint density at radius 3 is 2.70 bits per heavy atom. The summed E-state index contributed by atoms with van der Waals surface area (Å²) in [6, 6.07) is 8.27. The van der Waals surface area contributed by atoms with Crippen molar-refractivity contribution in [1.82, 2.24) is 25.5 Å². The highest BCUT2D eigenvalue weighted by molar-refractivity contribution is 6.05. The van der Waals surface area contributed by atoms with Crippen molar-refractivity contribution in [1.29, 1.82) is 0 Å². The highest BCUT2D eigenvalue weighted by Crippen LogP contribution is 2.35. The van der Waals surface area contributed by atoms with E-state index < -0.39 is 11.9 Å². The number of hydrogen-bond acceptors (Lipinski definition) is 8. The topological polar surface area (TPSA) is 157 Å². The molecule has 11 nitrogen and oxygen atoms in total. The Balaban J connectivity index is 1.25. The van der Waals surface area contributed by atoms with Crippen molar-refractivity contribution in [3.63, 3.8) is 0 Å². The molecule has 2 aromatic carbocycles. The number of nitrogen functional groups attached to an aromatic ring is 1. The lowest BCUT2D eigenvalue weighted by Crippen LogP contribution is -2.52. The molecule has 40 heavy (non-hydrogen) atoms. The first-order valence-corrected chi connectivity index (χ1v) is 13.1. The molecule has 3 heterocycles. The van der Waals surface area contributed by atoms with Gasteiger partial charge in [-0.2, -0.15) is 0 Å². The van der Waals surface area contributed by atoms with Crippen LogP contribution in [-0.4, -0.2) is 44.5 Å². The molecule has 0 bridgehead atoms. The van der Waals surface area contributed by atoms with Gasteiger partial charge in [-0.3, -0.25) is 24.5 Å². The number of fused-ring (bicyclic) bond motifs is 1. The van der Waals surface area contributed by atoms with Crippen LogP contribution in [0, 0.1) is 6.92 Å². The van der Waals surface area contributed by atoms with Crippen molar-refractivity contribution in [2.75, 3.05) is 5.73 Å². The Morgan fingerprint density at radius 2 is 2.00 bits per heavy atom. The minimum Gasteiger partial charge on any atom is -0.437 e. The fourth-order valence-corrected chi connectivity index (χ4v) is 5.01. The monoisotopic (exact) mass is 542 g/mol. The first-order chi connectivity index (χ1) is 19.1. The smallest absolute Gasteiger partial charge is 0.271 e. The lowest BCUT2D eigenvalue weighted by molar-refractivity contribution is -0.136. The molecular weight excluding hydrogens is 512 g/mol. The Morgan fingerprint density at radius 1 is 1.20 bits per heavy atom. The van der Waals surface area contributed by atoms with E-state index in [4.69, 9.17) is 10.5 Å². The summed E-state index contributed by atoms with van der Waals surface area (Å²) in [5, 5.41) is 5.15. The fraction of sp³-hybridized carbons (Fsp3) is 0.310. The Labute approximate surface area is 231 Å². The van der Waals surface area contributed by atoms with Gasteiger partial charge in [-0.1, -0.05) is 32.0 Å². The number of nitrogens with one attached hydrogen (secondary N) is 2. The van der Waals surface area contributed by atoms with Crippen LogP contribution in [0.3, 0.4) is 0 Å². The summed E-state index contributed by atoms with van der Waals surface area (Å²) in [7, 11) is 0. The van der Waals surface area contributed by atoms with Crippen molar-refractivity contribution in [3.8, 4) is 11.6 Å². The number of rotatable bonds is 7. The summed E-state index contributed by atoms with van der Waals surface area (Å²) >= 11 is 0. The average Bonchev–Trinajstić information content (AvgIpc) is 3.26. The second kappa shape index (κ2) is 10.8. The van der Waals surface area contributed by atoms with Gasteiger partial charge in [0.15, 0.2) is 0 Å². The summed E-state index contributed by atoms with van der Waals surface area (Å²) in [6.07, 6.45) is 3.11. The van der Waals surface area contributed by atoms with Crippen LogP contribution in [0.5, 0.6) is 11.6 Å². The van der Waals surface area contributed by atoms with Crippen LogP contribution < -0.4 is 21.1 Å². The van der Waals surface area contributed by atoms with Crippen molar-refractivity contribution < 1.29 is 23.9 Å². The molecule has 11 heteroatoms. The summed E-state index contributed by atoms with van der Waals surface area (Å²) in [5.41, 5.74) is 11.1. The maximum absolute atomic E-state index is 13.0. The molecule has 1 atom stereocenters. The number of piperidine rings is 1. The summed E-state index contributed by atoms with van der Waals surface area (Å²) in [4.78, 5) is 59.5. The number of aromatic nitrogens is 2. The standard InChI is InChI=1S/C29H30N6O5/c1-15(2)19-10-17(9-16(3)26(19)30)11-33-27(37)21-12-32-25(13-31-21)40-23-6-4-5-18-20(23)14-35(29(18)39)22-7-8-24(36)34-28(22)38/h4-6,9-10,12-13,15,22H,7-8,11,14,30H2,1-3H3,(H,33,37)(H,34,36,38). The lowest BCUT2D eigenvalue weighted by Gasteiger charge is -2.29. The van der Waals surface area contributed by atoms with E-state index in [9.17, 15) is 19.2 Å². The lowest BCUT2D eigenvalue weighted by atomic mass is 9.95. The molecule has 206 valence electrons. The van der Waals surface area contributed by atoms with Crippen LogP contribution in [0.4, 0.5) is 5.69 Å². The van der Waals surface area contributed by atoms with Gasteiger partial charge in [-0.25, -0.2) is 9.97 Å². The molecule has 1 aromatic heterocycles. The van der Waals surface area contributed by atoms with E-state index in [0.717, 1.165) is 22.4 Å². The number of benzene rings is 2. The van der Waals surface area contributed by atoms with Crippen LogP contribution in [0.25, 0.3) is 0 Å². The van der Waals surface area contributed by atoms with Gasteiger partial charge in [0.05, 0.1) is 18.9 Å². The largest absolute Gasteiger partial charge is 0.437 e. The number of carbonyl (C=O) groups is 4. The highest BCUT2D eigenvalue weighted by atomic mass is 16.5. The third kappa shape index (κ3) is 5.22. The Bertz CT molecular complexity index is 1520. The molecular formula is C29H30N6O5. The summed E-state index contributed by atoms with van der Waals surface area (Å²) < 4.78 is 5.92. The van der Waals surface area contributed by atoms with Gasteiger partial charge in [0.1, 0.15) is 17.5 Å². The molecule has 4 N–H and O–H groups in total. The maximum atomic E-state index is 13.0. The predicted octanol–water partition coefficient (Wildman–Crippen LogP) is 2.97. The zero-order valence-electron chi connectivity index (χ0n) is 22.5. The van der Waals surface area contributed by atoms with Crippen LogP contribution >= 0.6 is 0 Å². The Kier molecular flexibility index (Phi) is 7.20. The molecule has 0 saturated carbocycles. The Hall–Kier alpha value is -4.80. The fourth-order valence-electron chi connectivity index (χ4n) is 5.01. The maximum Gasteiger partial charge on any atom is 0.271 e. The van der Waals surface area contributed by atoms with E-state index in [1.165, 1.54) is 17.3 Å². The van der Waals surface area contributed by atoms with E-state index >= 15 is 0 Å². The van der Waals surface area contributed by atoms with E-state index in [1.54, 1.807) is 18.2 Å². The van der Waals surface area contributed by atoms with Gasteiger partial charge in [0, 0.05) is 29.8 Å². The summed E-state index contributed by atoms with van der Waals surface area (Å²) in [5.74, 6) is -0.704. The number of nitrogens with two attached hydrogens (primary N) is 1. The van der Waals surface area contributed by atoms with Crippen molar-refractivity contribution in [3.05, 3.63) is 76.2 Å². The zero-order chi connectivity index (χ0) is 28.6. The second-order valence-corrected chi connectivity index (χ2v) is 10.3. The van der Waals surface area contributed by atoms with E-state index in [0.29, 0.717) is 23.4 Å². The first-order valence-electron chi connectivity index (χ1n) is 13.1. The molecule has 2 aliphatic rings. The molecule has 1 unspecified atom stereocenters. The van der Waals surface area contributed by atoms with Crippen molar-refractivity contribution >= 4 is 29.3 Å². The van der Waals surface area contributed by atoms with Crippen LogP contribution in [0.1, 0.15) is 75.7 Å². The zero-order valence-corrected chi connectivity index (χ0v) is 22.5. The molecule has 1 saturated heterocycles. The van der Waals surface area contributed by atoms with Crippen LogP contribution in [0.2, 0.25) is 0 Å². The average molecular weight is 543 g/mol. The van der Waals surface area contributed by atoms with E-state index in [-0.39, 0.29) is 54.6 Å². The minimum atomic E-state index is -0.725.